The monoisotopic (exact) mass is 342 g/mol. The van der Waals surface area contributed by atoms with Crippen molar-refractivity contribution in [3.8, 4) is 0 Å². The van der Waals surface area contributed by atoms with Crippen LogP contribution in [0.3, 0.4) is 0 Å². The number of rotatable bonds is 3. The van der Waals surface area contributed by atoms with Crippen molar-refractivity contribution >= 4 is 17.2 Å². The topological polar surface area (TPSA) is 33.2 Å². The third-order valence-electron chi connectivity index (χ3n) is 3.70. The smallest absolute Gasteiger partial charge is 0.333 e. The molecule has 0 unspecified atom stereocenters. The molecule has 2 rings (SSSR count). The minimum Gasteiger partial charge on any atom is -0.333 e. The summed E-state index contributed by atoms with van der Waals surface area (Å²) in [5.41, 5.74) is -0.554. The first-order valence-electron chi connectivity index (χ1n) is 7.00. The third kappa shape index (κ3) is 3.55. The van der Waals surface area contributed by atoms with Gasteiger partial charge in [-0.05, 0) is 32.9 Å². The fourth-order valence-corrected chi connectivity index (χ4v) is 3.31. The van der Waals surface area contributed by atoms with Crippen LogP contribution in [0.5, 0.6) is 0 Å². The van der Waals surface area contributed by atoms with Gasteiger partial charge in [0, 0.05) is 11.9 Å². The van der Waals surface area contributed by atoms with Gasteiger partial charge >= 0.3 is 6.18 Å². The third-order valence-corrected chi connectivity index (χ3v) is 4.60. The summed E-state index contributed by atoms with van der Waals surface area (Å²) in [6, 6.07) is 4.42. The van der Waals surface area contributed by atoms with Crippen LogP contribution in [0.25, 0.3) is 0 Å². The van der Waals surface area contributed by atoms with Gasteiger partial charge in [-0.1, -0.05) is 12.1 Å². The SMILES string of the molecule is Cc1nc([C@H](C)N(C)C(=O)c2ccccc2C(F)(F)F)c(C)s1. The van der Waals surface area contributed by atoms with E-state index in [2.05, 4.69) is 4.98 Å². The summed E-state index contributed by atoms with van der Waals surface area (Å²) in [7, 11) is 1.49. The Morgan fingerprint density at radius 3 is 2.39 bits per heavy atom. The molecule has 124 valence electrons. The number of hydrogen-bond acceptors (Lipinski definition) is 3. The van der Waals surface area contributed by atoms with Crippen molar-refractivity contribution in [2.75, 3.05) is 7.05 Å². The second-order valence-electron chi connectivity index (χ2n) is 5.31. The minimum absolute atomic E-state index is 0.348. The highest BCUT2D eigenvalue weighted by Gasteiger charge is 2.36. The van der Waals surface area contributed by atoms with Crippen molar-refractivity contribution in [3.63, 3.8) is 0 Å². The number of nitrogens with zero attached hydrogens (tertiary/aromatic N) is 2. The number of alkyl halides is 3. The van der Waals surface area contributed by atoms with Crippen LogP contribution in [0.2, 0.25) is 0 Å². The Hall–Kier alpha value is -1.89. The molecular weight excluding hydrogens is 325 g/mol. The molecule has 0 N–H and O–H groups in total. The highest BCUT2D eigenvalue weighted by atomic mass is 32.1. The van der Waals surface area contributed by atoms with Crippen molar-refractivity contribution < 1.29 is 18.0 Å². The maximum atomic E-state index is 13.1. The Labute approximate surface area is 136 Å². The summed E-state index contributed by atoms with van der Waals surface area (Å²) >= 11 is 1.50. The lowest BCUT2D eigenvalue weighted by Crippen LogP contribution is -2.31. The Morgan fingerprint density at radius 2 is 1.87 bits per heavy atom. The quantitative estimate of drug-likeness (QED) is 0.816. The van der Waals surface area contributed by atoms with E-state index in [4.69, 9.17) is 0 Å². The van der Waals surface area contributed by atoms with Crippen LogP contribution in [-0.2, 0) is 6.18 Å². The molecule has 0 fully saturated rings. The number of carbonyl (C=O) groups is 1. The molecular formula is C16H17F3N2OS. The largest absolute Gasteiger partial charge is 0.417 e. The molecule has 3 nitrogen and oxygen atoms in total. The molecule has 0 aliphatic rings. The summed E-state index contributed by atoms with van der Waals surface area (Å²) in [6.07, 6.45) is -4.57. The van der Waals surface area contributed by atoms with Gasteiger partial charge in [-0.25, -0.2) is 4.98 Å². The van der Waals surface area contributed by atoms with Crippen LogP contribution >= 0.6 is 11.3 Å². The molecule has 2 aromatic rings. The first kappa shape index (κ1) is 17.5. The second kappa shape index (κ2) is 6.31. The number of aromatic nitrogens is 1. The van der Waals surface area contributed by atoms with Crippen molar-refractivity contribution in [2.24, 2.45) is 0 Å². The summed E-state index contributed by atoms with van der Waals surface area (Å²) in [5.74, 6) is -0.671. The molecule has 0 radical (unpaired) electrons. The molecule has 0 aliphatic carbocycles. The zero-order valence-electron chi connectivity index (χ0n) is 13.2. The maximum absolute atomic E-state index is 13.1. The van der Waals surface area contributed by atoms with Crippen LogP contribution < -0.4 is 0 Å². The average Bonchev–Trinajstić information content (AvgIpc) is 2.82. The zero-order valence-corrected chi connectivity index (χ0v) is 14.0. The van der Waals surface area contributed by atoms with Gasteiger partial charge in [0.2, 0.25) is 0 Å². The van der Waals surface area contributed by atoms with Crippen LogP contribution in [0.15, 0.2) is 24.3 Å². The summed E-state index contributed by atoms with van der Waals surface area (Å²) in [4.78, 5) is 19.2. The van der Waals surface area contributed by atoms with Crippen LogP contribution in [0.1, 0.15) is 44.5 Å². The van der Waals surface area contributed by atoms with Gasteiger partial charge in [-0.3, -0.25) is 4.79 Å². The molecule has 1 amide bonds. The summed E-state index contributed by atoms with van der Waals surface area (Å²) in [5, 5.41) is 0.862. The Kier molecular flexibility index (Phi) is 4.79. The van der Waals surface area contributed by atoms with Crippen LogP contribution in [0.4, 0.5) is 13.2 Å². The highest BCUT2D eigenvalue weighted by Crippen LogP contribution is 2.33. The number of halogens is 3. The van der Waals surface area contributed by atoms with E-state index in [1.807, 2.05) is 13.8 Å². The lowest BCUT2D eigenvalue weighted by atomic mass is 10.0. The Balaban J connectivity index is 2.36. The molecule has 0 bridgehead atoms. The molecule has 0 saturated heterocycles. The number of carbonyl (C=O) groups excluding carboxylic acids is 1. The van der Waals surface area contributed by atoms with Crippen LogP contribution in [0, 0.1) is 13.8 Å². The van der Waals surface area contributed by atoms with E-state index in [1.165, 1.54) is 41.5 Å². The highest BCUT2D eigenvalue weighted by molar-refractivity contribution is 7.11. The van der Waals surface area contributed by atoms with Gasteiger partial charge in [0.25, 0.3) is 5.91 Å². The van der Waals surface area contributed by atoms with Gasteiger partial charge in [0.05, 0.1) is 27.9 Å². The normalized spacial score (nSPS) is 13.0. The van der Waals surface area contributed by atoms with Crippen molar-refractivity contribution in [1.82, 2.24) is 9.88 Å². The predicted molar refractivity (Wildman–Crippen MR) is 83.5 cm³/mol. The van der Waals surface area contributed by atoms with Crippen molar-refractivity contribution in [1.29, 1.82) is 0 Å². The average molecular weight is 342 g/mol. The van der Waals surface area contributed by atoms with Crippen molar-refractivity contribution in [2.45, 2.75) is 33.0 Å². The fraction of sp³-hybridized carbons (Fsp3) is 0.375. The molecule has 0 aliphatic heterocycles. The molecule has 1 heterocycles. The molecule has 7 heteroatoms. The van der Waals surface area contributed by atoms with Gasteiger partial charge in [-0.2, -0.15) is 13.2 Å². The van der Waals surface area contributed by atoms with Gasteiger partial charge < -0.3 is 4.90 Å². The van der Waals surface area contributed by atoms with E-state index in [9.17, 15) is 18.0 Å². The molecule has 23 heavy (non-hydrogen) atoms. The molecule has 1 aromatic carbocycles. The van der Waals surface area contributed by atoms with E-state index in [0.29, 0.717) is 5.69 Å². The lowest BCUT2D eigenvalue weighted by Gasteiger charge is -2.25. The maximum Gasteiger partial charge on any atom is 0.417 e. The minimum atomic E-state index is -4.57. The predicted octanol–water partition coefficient (Wildman–Crippen LogP) is 4.61. The molecule has 0 saturated carbocycles. The fourth-order valence-electron chi connectivity index (χ4n) is 2.40. The van der Waals surface area contributed by atoms with Gasteiger partial charge in [-0.15, -0.1) is 11.3 Å². The summed E-state index contributed by atoms with van der Waals surface area (Å²) < 4.78 is 39.2. The lowest BCUT2D eigenvalue weighted by molar-refractivity contribution is -0.138. The van der Waals surface area contributed by atoms with E-state index in [0.717, 1.165) is 16.0 Å². The second-order valence-corrected chi connectivity index (χ2v) is 6.72. The van der Waals surface area contributed by atoms with Gasteiger partial charge in [0.15, 0.2) is 0 Å². The van der Waals surface area contributed by atoms with E-state index < -0.39 is 23.7 Å². The molecule has 0 spiro atoms. The number of thiazole rings is 1. The Bertz CT molecular complexity index is 724. The number of aryl methyl sites for hydroxylation is 2. The Morgan fingerprint density at radius 1 is 1.26 bits per heavy atom. The van der Waals surface area contributed by atoms with E-state index >= 15 is 0 Å². The van der Waals surface area contributed by atoms with E-state index in [1.54, 1.807) is 6.92 Å². The van der Waals surface area contributed by atoms with E-state index in [-0.39, 0.29) is 5.56 Å². The number of benzene rings is 1. The first-order chi connectivity index (χ1) is 10.6. The molecule has 1 atom stereocenters. The standard InChI is InChI=1S/C16H17F3N2OS/c1-9(14-10(2)23-11(3)20-14)21(4)15(22)12-7-5-6-8-13(12)16(17,18)19/h5-9H,1-4H3/t9-/m0/s1. The molecule has 1 aromatic heterocycles. The first-order valence-corrected chi connectivity index (χ1v) is 7.82. The zero-order chi connectivity index (χ0) is 17.4. The van der Waals surface area contributed by atoms with Crippen molar-refractivity contribution in [3.05, 3.63) is 51.0 Å². The number of hydrogen-bond donors (Lipinski definition) is 0. The summed E-state index contributed by atoms with van der Waals surface area (Å²) in [6.45, 7) is 5.50. The number of amides is 1. The van der Waals surface area contributed by atoms with Crippen LogP contribution in [-0.4, -0.2) is 22.8 Å². The van der Waals surface area contributed by atoms with Gasteiger partial charge in [0.1, 0.15) is 0 Å².